The van der Waals surface area contributed by atoms with E-state index in [1.165, 1.54) is 7.11 Å². The number of carbonyl (C=O) groups excluding carboxylic acids is 5. The third kappa shape index (κ3) is 21.8. The molecule has 1 saturated heterocycles. The lowest BCUT2D eigenvalue weighted by atomic mass is 9.90. The molecule has 68 heavy (non-hydrogen) atoms. The van der Waals surface area contributed by atoms with Gasteiger partial charge in [0.05, 0.1) is 55.8 Å². The molecule has 1 fully saturated rings. The highest BCUT2D eigenvalue weighted by Crippen LogP contribution is 2.30. The topological polar surface area (TPSA) is 239 Å². The molecular weight excluding hydrogens is 877 g/mol. The molecule has 0 bridgehead atoms. The van der Waals surface area contributed by atoms with Crippen LogP contribution in [-0.4, -0.2) is 175 Å². The second-order valence-corrected chi connectivity index (χ2v) is 18.5. The van der Waals surface area contributed by atoms with E-state index in [-0.39, 0.29) is 73.6 Å². The molecule has 1 aliphatic heterocycles. The molecule has 8 atom stereocenters. The van der Waals surface area contributed by atoms with Crippen LogP contribution in [0.2, 0.25) is 0 Å². The first-order valence-corrected chi connectivity index (χ1v) is 24.2. The zero-order valence-electron chi connectivity index (χ0n) is 43.9. The van der Waals surface area contributed by atoms with Crippen LogP contribution in [0.5, 0.6) is 0 Å². The Kier molecular flexibility index (Phi) is 30.7. The quantitative estimate of drug-likeness (QED) is 0.0843. The number of carboxylic acids is 2. The summed E-state index contributed by atoms with van der Waals surface area (Å²) in [5, 5.41) is 21.0. The maximum absolute atomic E-state index is 14.0. The number of likely N-dealkylation sites (tertiary alicyclic amines) is 1. The molecule has 1 heterocycles. The van der Waals surface area contributed by atoms with Crippen LogP contribution >= 0.6 is 0 Å². The number of carbonyl (C=O) groups is 7. The average Bonchev–Trinajstić information content (AvgIpc) is 3.76. The molecule has 0 saturated carbocycles. The fraction of sp³-hybridized carbons (Fsp3) is 0.740. The highest BCUT2D eigenvalue weighted by Gasteiger charge is 2.42. The van der Waals surface area contributed by atoms with Crippen LogP contribution in [0, 0.1) is 23.7 Å². The molecule has 0 radical (unpaired) electrons. The van der Waals surface area contributed by atoms with Crippen molar-refractivity contribution in [3.8, 4) is 0 Å². The van der Waals surface area contributed by atoms with E-state index in [1.807, 2.05) is 66.5 Å². The molecule has 1 aliphatic rings. The van der Waals surface area contributed by atoms with Crippen LogP contribution in [0.1, 0.15) is 114 Å². The number of carboxylic acid groups (broad SMARTS) is 2. The maximum Gasteiger partial charge on any atom is 0.329 e. The number of methoxy groups -OCH3 is 2. The van der Waals surface area contributed by atoms with Crippen LogP contribution in [0.3, 0.4) is 0 Å². The number of hydrogen-bond donors (Lipinski definition) is 4. The first kappa shape index (κ1) is 63.4. The summed E-state index contributed by atoms with van der Waals surface area (Å²) in [5.74, 6) is -4.39. The molecule has 5 N–H and O–H groups in total. The molecule has 4 amide bonds. The van der Waals surface area contributed by atoms with Gasteiger partial charge in [-0.15, -0.1) is 0 Å². The number of amides is 4. The standard InChI is InChI=1S/C39H62N4O11.C9H20N2O.C2H6/c1-9-26(4)36(41(6)32(44)20-25(2)3)31(52-7)22-33(45)43-17-13-16-30(43)37(53-8)27(5)38(50)40-29(21-28-14-11-10-12-15-28)39(51)54-19-18-42(23-34(46)47)24-35(48)49;1-6(2)8(9(10)12)11(5)7(3)4;1-2/h10-12,14-15,25-27,29-31,36-37H,9,13,16-24H2,1-8H3,(H,40,50)(H,46,47)(H,48,49);6-8H,1-5H3,(H2,10,12);1-2H3. The summed E-state index contributed by atoms with van der Waals surface area (Å²) in [5.41, 5.74) is 6.05. The van der Waals surface area contributed by atoms with Crippen LogP contribution < -0.4 is 11.1 Å². The van der Waals surface area contributed by atoms with Crippen molar-refractivity contribution in [3.63, 3.8) is 0 Å². The second kappa shape index (κ2) is 33.0. The van der Waals surface area contributed by atoms with Gasteiger partial charge in [-0.3, -0.25) is 38.6 Å². The van der Waals surface area contributed by atoms with Gasteiger partial charge in [0, 0.05) is 53.2 Å². The normalized spacial score (nSPS) is 16.6. The minimum Gasteiger partial charge on any atom is -0.480 e. The number of nitrogens with two attached hydrogens (primary N) is 1. The first-order valence-electron chi connectivity index (χ1n) is 24.2. The number of primary amides is 1. The minimum atomic E-state index is -1.23. The summed E-state index contributed by atoms with van der Waals surface area (Å²) in [7, 11) is 6.74. The Morgan fingerprint density at radius 1 is 0.868 bits per heavy atom. The summed E-state index contributed by atoms with van der Waals surface area (Å²) in [6, 6.07) is 7.34. The van der Waals surface area contributed by atoms with Crippen LogP contribution in [0.25, 0.3) is 0 Å². The lowest BCUT2D eigenvalue weighted by Crippen LogP contribution is -2.54. The van der Waals surface area contributed by atoms with Gasteiger partial charge in [0.1, 0.15) is 12.6 Å². The number of rotatable bonds is 28. The number of ether oxygens (including phenoxy) is 3. The molecule has 390 valence electrons. The zero-order valence-corrected chi connectivity index (χ0v) is 43.9. The predicted octanol–water partition coefficient (Wildman–Crippen LogP) is 4.56. The molecule has 1 aromatic carbocycles. The van der Waals surface area contributed by atoms with E-state index in [0.717, 1.165) is 16.9 Å². The van der Waals surface area contributed by atoms with Crippen molar-refractivity contribution in [2.45, 2.75) is 157 Å². The number of hydrogen-bond acceptors (Lipinski definition) is 12. The summed E-state index contributed by atoms with van der Waals surface area (Å²) in [4.78, 5) is 94.3. The number of nitrogens with zero attached hydrogens (tertiary/aromatic N) is 4. The fourth-order valence-corrected chi connectivity index (χ4v) is 8.46. The van der Waals surface area contributed by atoms with Crippen molar-refractivity contribution in [3.05, 3.63) is 35.9 Å². The van der Waals surface area contributed by atoms with Gasteiger partial charge in [-0.25, -0.2) is 4.79 Å². The molecule has 2 rings (SSSR count). The van der Waals surface area contributed by atoms with Crippen molar-refractivity contribution >= 4 is 41.5 Å². The largest absolute Gasteiger partial charge is 0.480 e. The van der Waals surface area contributed by atoms with E-state index in [0.29, 0.717) is 31.8 Å². The first-order chi connectivity index (χ1) is 31.9. The molecule has 0 spiro atoms. The smallest absolute Gasteiger partial charge is 0.329 e. The molecule has 18 nitrogen and oxygen atoms in total. The van der Waals surface area contributed by atoms with Gasteiger partial charge in [-0.1, -0.05) is 99.1 Å². The van der Waals surface area contributed by atoms with Gasteiger partial charge in [-0.05, 0) is 57.1 Å². The zero-order chi connectivity index (χ0) is 52.4. The van der Waals surface area contributed by atoms with Gasteiger partial charge in [0.15, 0.2) is 0 Å². The summed E-state index contributed by atoms with van der Waals surface area (Å²) in [6.07, 6.45) is 1.35. The molecule has 18 heteroatoms. The van der Waals surface area contributed by atoms with Gasteiger partial charge in [-0.2, -0.15) is 0 Å². The van der Waals surface area contributed by atoms with E-state index in [4.69, 9.17) is 30.2 Å². The minimum absolute atomic E-state index is 0.00377. The Morgan fingerprint density at radius 2 is 1.44 bits per heavy atom. The van der Waals surface area contributed by atoms with Crippen molar-refractivity contribution in [2.24, 2.45) is 29.4 Å². The molecule has 1 aromatic rings. The predicted molar refractivity (Wildman–Crippen MR) is 262 cm³/mol. The number of nitrogens with one attached hydrogen (secondary N) is 1. The summed E-state index contributed by atoms with van der Waals surface area (Å²) in [6.45, 7) is 20.8. The molecular formula is C50H88N6O12. The van der Waals surface area contributed by atoms with E-state index in [9.17, 15) is 33.6 Å². The van der Waals surface area contributed by atoms with E-state index in [1.54, 1.807) is 55.1 Å². The fourth-order valence-electron chi connectivity index (χ4n) is 8.46. The summed E-state index contributed by atoms with van der Waals surface area (Å²) >= 11 is 0. The lowest BCUT2D eigenvalue weighted by molar-refractivity contribution is -0.150. The molecule has 8 unspecified atom stereocenters. The molecule has 0 aromatic heterocycles. The van der Waals surface area contributed by atoms with Crippen LogP contribution in [-0.2, 0) is 54.2 Å². The maximum atomic E-state index is 14.0. The van der Waals surface area contributed by atoms with Gasteiger partial charge < -0.3 is 45.3 Å². The SMILES string of the molecule is CC.CC(C)C(C(N)=O)N(C)C(C)C.CCC(C)C(C(CC(=O)N1CCCC1C(OC)C(C)C(=O)NC(Cc1ccccc1)C(=O)OCCN(CC(=O)O)CC(=O)O)OC)N(C)C(=O)CC(C)C. The lowest BCUT2D eigenvalue weighted by Gasteiger charge is -2.39. The third-order valence-electron chi connectivity index (χ3n) is 12.3. The van der Waals surface area contributed by atoms with Gasteiger partial charge in [0.25, 0.3) is 0 Å². The number of benzene rings is 1. The monoisotopic (exact) mass is 965 g/mol. The Balaban J connectivity index is 0.00000277. The van der Waals surface area contributed by atoms with Gasteiger partial charge >= 0.3 is 17.9 Å². The average molecular weight is 965 g/mol. The van der Waals surface area contributed by atoms with E-state index >= 15 is 0 Å². The van der Waals surface area contributed by atoms with Crippen molar-refractivity contribution in [1.82, 2.24) is 24.9 Å². The van der Waals surface area contributed by atoms with Crippen LogP contribution in [0.15, 0.2) is 30.3 Å². The van der Waals surface area contributed by atoms with Crippen molar-refractivity contribution in [1.29, 1.82) is 0 Å². The van der Waals surface area contributed by atoms with Crippen LogP contribution in [0.4, 0.5) is 0 Å². The second-order valence-electron chi connectivity index (χ2n) is 18.5. The highest BCUT2D eigenvalue weighted by atomic mass is 16.5. The Bertz CT molecular complexity index is 1660. The van der Waals surface area contributed by atoms with Crippen molar-refractivity contribution in [2.75, 3.05) is 61.1 Å². The van der Waals surface area contributed by atoms with E-state index < -0.39 is 67.1 Å². The summed E-state index contributed by atoms with van der Waals surface area (Å²) < 4.78 is 17.2. The van der Waals surface area contributed by atoms with Crippen molar-refractivity contribution < 1.29 is 58.0 Å². The number of aliphatic carboxylic acids is 2. The highest BCUT2D eigenvalue weighted by molar-refractivity contribution is 5.86. The Hall–Kier alpha value is -4.65. The number of esters is 1. The third-order valence-corrected chi connectivity index (χ3v) is 12.3. The Labute approximate surface area is 406 Å². The molecule has 0 aliphatic carbocycles. The van der Waals surface area contributed by atoms with Gasteiger partial charge in [0.2, 0.25) is 23.6 Å². The van der Waals surface area contributed by atoms with E-state index in [2.05, 4.69) is 26.1 Å². The number of likely N-dealkylation sites (N-methyl/N-ethyl adjacent to an activating group) is 2. The Morgan fingerprint density at radius 3 is 1.88 bits per heavy atom.